The van der Waals surface area contributed by atoms with E-state index in [2.05, 4.69) is 37.6 Å². The molecule has 1 fully saturated rings. The quantitative estimate of drug-likeness (QED) is 0.592. The van der Waals surface area contributed by atoms with Gasteiger partial charge in [-0.3, -0.25) is 4.79 Å². The average Bonchev–Trinajstić information content (AvgIpc) is 2.74. The number of hydrogen-bond donors (Lipinski definition) is 3. The Kier molecular flexibility index (Phi) is 7.24. The minimum atomic E-state index is -0.780. The SMILES string of the molecule is CCOc1ncc(Nc2cc(C(CC)CC(=O)O)ccc2N2CCNCC2)cn1. The maximum Gasteiger partial charge on any atom is 0.316 e. The zero-order chi connectivity index (χ0) is 20.6. The maximum atomic E-state index is 11.3. The molecule has 3 rings (SSSR count). The molecule has 156 valence electrons. The summed E-state index contributed by atoms with van der Waals surface area (Å²) in [6.07, 6.45) is 4.28. The highest BCUT2D eigenvalue weighted by molar-refractivity contribution is 5.76. The fourth-order valence-corrected chi connectivity index (χ4v) is 3.54. The van der Waals surface area contributed by atoms with Crippen molar-refractivity contribution < 1.29 is 14.6 Å². The first-order chi connectivity index (χ1) is 14.1. The number of carboxylic acid groups (broad SMARTS) is 1. The Balaban J connectivity index is 1.90. The number of anilines is 3. The van der Waals surface area contributed by atoms with Gasteiger partial charge in [0.1, 0.15) is 0 Å². The van der Waals surface area contributed by atoms with E-state index in [9.17, 15) is 9.90 Å². The van der Waals surface area contributed by atoms with Gasteiger partial charge in [0.2, 0.25) is 0 Å². The van der Waals surface area contributed by atoms with Crippen LogP contribution < -0.4 is 20.3 Å². The van der Waals surface area contributed by atoms with Gasteiger partial charge in [-0.05, 0) is 37.0 Å². The lowest BCUT2D eigenvalue weighted by atomic mass is 9.92. The van der Waals surface area contributed by atoms with Gasteiger partial charge in [0.25, 0.3) is 0 Å². The number of carbonyl (C=O) groups is 1. The fraction of sp³-hybridized carbons (Fsp3) is 0.476. The summed E-state index contributed by atoms with van der Waals surface area (Å²) in [5.74, 6) is -0.806. The third-order valence-electron chi connectivity index (χ3n) is 5.04. The Morgan fingerprint density at radius 1 is 1.28 bits per heavy atom. The van der Waals surface area contributed by atoms with E-state index >= 15 is 0 Å². The molecule has 8 heteroatoms. The predicted molar refractivity (Wildman–Crippen MR) is 113 cm³/mol. The van der Waals surface area contributed by atoms with E-state index < -0.39 is 5.97 Å². The van der Waals surface area contributed by atoms with Crippen LogP contribution in [-0.4, -0.2) is 53.8 Å². The van der Waals surface area contributed by atoms with Gasteiger partial charge in [-0.25, -0.2) is 9.97 Å². The molecule has 0 radical (unpaired) electrons. The third kappa shape index (κ3) is 5.57. The highest BCUT2D eigenvalue weighted by Gasteiger charge is 2.19. The van der Waals surface area contributed by atoms with E-state index in [1.165, 1.54) is 0 Å². The lowest BCUT2D eigenvalue weighted by Gasteiger charge is -2.32. The van der Waals surface area contributed by atoms with Gasteiger partial charge in [0.15, 0.2) is 0 Å². The molecule has 1 aliphatic rings. The number of ether oxygens (including phenoxy) is 1. The van der Waals surface area contributed by atoms with Crippen molar-refractivity contribution in [3.8, 4) is 6.01 Å². The molecule has 8 nitrogen and oxygen atoms in total. The van der Waals surface area contributed by atoms with Gasteiger partial charge in [-0.1, -0.05) is 13.0 Å². The maximum absolute atomic E-state index is 11.3. The first kappa shape index (κ1) is 20.9. The normalized spacial score (nSPS) is 15.0. The second-order valence-electron chi connectivity index (χ2n) is 7.03. The van der Waals surface area contributed by atoms with Gasteiger partial charge in [0.05, 0.1) is 42.5 Å². The first-order valence-corrected chi connectivity index (χ1v) is 10.1. The molecule has 0 amide bonds. The summed E-state index contributed by atoms with van der Waals surface area (Å²) in [6, 6.07) is 6.55. The number of nitrogens with zero attached hydrogens (tertiary/aromatic N) is 3. The van der Waals surface area contributed by atoms with E-state index in [1.807, 2.05) is 19.9 Å². The summed E-state index contributed by atoms with van der Waals surface area (Å²) in [6.45, 7) is 8.13. The van der Waals surface area contributed by atoms with Crippen LogP contribution in [0.1, 0.15) is 38.2 Å². The molecule has 3 N–H and O–H groups in total. The first-order valence-electron chi connectivity index (χ1n) is 10.1. The smallest absolute Gasteiger partial charge is 0.316 e. The van der Waals surface area contributed by atoms with Crippen molar-refractivity contribution in [1.29, 1.82) is 0 Å². The average molecular weight is 399 g/mol. The van der Waals surface area contributed by atoms with Crippen molar-refractivity contribution in [2.45, 2.75) is 32.6 Å². The van der Waals surface area contributed by atoms with Gasteiger partial charge < -0.3 is 25.4 Å². The van der Waals surface area contributed by atoms with Crippen LogP contribution >= 0.6 is 0 Å². The monoisotopic (exact) mass is 399 g/mol. The second-order valence-corrected chi connectivity index (χ2v) is 7.03. The molecule has 0 bridgehead atoms. The molecule has 29 heavy (non-hydrogen) atoms. The lowest BCUT2D eigenvalue weighted by molar-refractivity contribution is -0.137. The van der Waals surface area contributed by atoms with Crippen molar-refractivity contribution in [3.63, 3.8) is 0 Å². The molecule has 0 aliphatic carbocycles. The Bertz CT molecular complexity index is 806. The summed E-state index contributed by atoms with van der Waals surface area (Å²) >= 11 is 0. The zero-order valence-electron chi connectivity index (χ0n) is 17.0. The Hall–Kier alpha value is -2.87. The predicted octanol–water partition coefficient (Wildman–Crippen LogP) is 3.00. The molecule has 1 saturated heterocycles. The van der Waals surface area contributed by atoms with Crippen LogP contribution in [0, 0.1) is 0 Å². The van der Waals surface area contributed by atoms with Crippen molar-refractivity contribution in [3.05, 3.63) is 36.2 Å². The molecule has 1 aromatic carbocycles. The third-order valence-corrected chi connectivity index (χ3v) is 5.04. The standard InChI is InChI=1S/C21H29N5O3/c1-3-15(12-20(27)28)16-5-6-19(26-9-7-22-8-10-26)18(11-16)25-17-13-23-21(24-14-17)29-4-2/h5-6,11,13-15,22,25H,3-4,7-10,12H2,1-2H3,(H,27,28). The topological polar surface area (TPSA) is 99.6 Å². The Labute approximate surface area is 171 Å². The minimum absolute atomic E-state index is 0.0262. The second kappa shape index (κ2) is 10.1. The van der Waals surface area contributed by atoms with Crippen LogP contribution in [0.25, 0.3) is 0 Å². The molecule has 1 aliphatic heterocycles. The summed E-state index contributed by atoms with van der Waals surface area (Å²) in [7, 11) is 0. The van der Waals surface area contributed by atoms with Crippen LogP contribution in [0.4, 0.5) is 17.1 Å². The van der Waals surface area contributed by atoms with Crippen LogP contribution in [0.2, 0.25) is 0 Å². The number of benzene rings is 1. The molecular formula is C21H29N5O3. The molecule has 0 saturated carbocycles. The van der Waals surface area contributed by atoms with Gasteiger partial charge in [-0.2, -0.15) is 0 Å². The molecular weight excluding hydrogens is 370 g/mol. The number of nitrogens with one attached hydrogen (secondary N) is 2. The van der Waals surface area contributed by atoms with Gasteiger partial charge in [0, 0.05) is 26.2 Å². The van der Waals surface area contributed by atoms with E-state index in [0.29, 0.717) is 12.6 Å². The molecule has 0 spiro atoms. The van der Waals surface area contributed by atoms with Crippen LogP contribution in [0.3, 0.4) is 0 Å². The summed E-state index contributed by atoms with van der Waals surface area (Å²) in [5.41, 5.74) is 3.80. The van der Waals surface area contributed by atoms with Crippen LogP contribution in [-0.2, 0) is 4.79 Å². The van der Waals surface area contributed by atoms with E-state index in [1.54, 1.807) is 12.4 Å². The fourth-order valence-electron chi connectivity index (χ4n) is 3.54. The minimum Gasteiger partial charge on any atom is -0.481 e. The highest BCUT2D eigenvalue weighted by atomic mass is 16.5. The van der Waals surface area contributed by atoms with E-state index in [0.717, 1.165) is 55.2 Å². The summed E-state index contributed by atoms with van der Waals surface area (Å²) in [5, 5.41) is 16.0. The number of carboxylic acids is 1. The highest BCUT2D eigenvalue weighted by Crippen LogP contribution is 2.34. The van der Waals surface area contributed by atoms with E-state index in [-0.39, 0.29) is 12.3 Å². The summed E-state index contributed by atoms with van der Waals surface area (Å²) < 4.78 is 5.31. The zero-order valence-corrected chi connectivity index (χ0v) is 17.0. The Morgan fingerprint density at radius 2 is 2.00 bits per heavy atom. The number of rotatable bonds is 9. The molecule has 1 unspecified atom stereocenters. The van der Waals surface area contributed by atoms with E-state index in [4.69, 9.17) is 4.74 Å². The number of aliphatic carboxylic acids is 1. The number of piperazine rings is 1. The largest absolute Gasteiger partial charge is 0.481 e. The van der Waals surface area contributed by atoms with Gasteiger partial charge in [-0.15, -0.1) is 0 Å². The van der Waals surface area contributed by atoms with Gasteiger partial charge >= 0.3 is 12.0 Å². The molecule has 2 heterocycles. The lowest BCUT2D eigenvalue weighted by Crippen LogP contribution is -2.43. The van der Waals surface area contributed by atoms with Crippen LogP contribution in [0.5, 0.6) is 6.01 Å². The van der Waals surface area contributed by atoms with Crippen molar-refractivity contribution in [2.24, 2.45) is 0 Å². The molecule has 1 aromatic heterocycles. The molecule has 1 atom stereocenters. The van der Waals surface area contributed by atoms with Crippen molar-refractivity contribution in [1.82, 2.24) is 15.3 Å². The van der Waals surface area contributed by atoms with Crippen molar-refractivity contribution in [2.75, 3.05) is 43.0 Å². The summed E-state index contributed by atoms with van der Waals surface area (Å²) in [4.78, 5) is 22.0. The van der Waals surface area contributed by atoms with Crippen molar-refractivity contribution >= 4 is 23.0 Å². The molecule has 2 aromatic rings. The number of hydrogen-bond acceptors (Lipinski definition) is 7. The number of aromatic nitrogens is 2. The Morgan fingerprint density at radius 3 is 2.62 bits per heavy atom. The van der Waals surface area contributed by atoms with Crippen LogP contribution in [0.15, 0.2) is 30.6 Å².